The van der Waals surface area contributed by atoms with Crippen LogP contribution in [0, 0.1) is 5.82 Å². The van der Waals surface area contributed by atoms with Gasteiger partial charge in [-0.3, -0.25) is 14.4 Å². The molecule has 2 aromatic carbocycles. The highest BCUT2D eigenvalue weighted by Crippen LogP contribution is 2.28. The average molecular weight is 409 g/mol. The molecular weight excluding hydrogens is 389 g/mol. The highest BCUT2D eigenvalue weighted by atomic mass is 19.1. The Morgan fingerprint density at radius 3 is 2.57 bits per heavy atom. The Balaban J connectivity index is 1.87. The van der Waals surface area contributed by atoms with E-state index in [4.69, 9.17) is 4.74 Å². The molecule has 0 saturated heterocycles. The molecule has 3 aromatic rings. The van der Waals surface area contributed by atoms with Crippen LogP contribution in [0.3, 0.4) is 0 Å². The minimum atomic E-state index is -0.633. The number of hydrogen-bond acceptors (Lipinski definition) is 4. The Hall–Kier alpha value is -3.94. The fourth-order valence-electron chi connectivity index (χ4n) is 2.94. The summed E-state index contributed by atoms with van der Waals surface area (Å²) in [6.07, 6.45) is 1.53. The number of aromatic nitrogens is 1. The number of ether oxygens (including phenoxy) is 1. The van der Waals surface area contributed by atoms with Crippen LogP contribution >= 0.6 is 0 Å². The standard InChI is InChI=1S/C22H20FN3O4/c1-14(27)24-17-8-9-20(30-2)19(12-17)25-21(28)18-7-4-10-26(22(18)29)13-15-5-3-6-16(23)11-15/h3-12H,13H2,1-2H3,(H,24,27)(H,25,28). The molecule has 2 amide bonds. The normalized spacial score (nSPS) is 10.4. The largest absolute Gasteiger partial charge is 0.495 e. The number of pyridine rings is 1. The number of carbonyl (C=O) groups excluding carboxylic acids is 2. The highest BCUT2D eigenvalue weighted by Gasteiger charge is 2.15. The van der Waals surface area contributed by atoms with Crippen LogP contribution in [0.5, 0.6) is 5.75 Å². The zero-order valence-electron chi connectivity index (χ0n) is 16.4. The fraction of sp³-hybridized carbons (Fsp3) is 0.136. The molecule has 0 bridgehead atoms. The van der Waals surface area contributed by atoms with Gasteiger partial charge < -0.3 is 19.9 Å². The van der Waals surface area contributed by atoms with Crippen molar-refractivity contribution in [3.05, 3.63) is 88.1 Å². The van der Waals surface area contributed by atoms with Crippen LogP contribution in [-0.4, -0.2) is 23.5 Å². The Kier molecular flexibility index (Phi) is 6.26. The fourth-order valence-corrected chi connectivity index (χ4v) is 2.94. The van der Waals surface area contributed by atoms with Crippen LogP contribution in [0.4, 0.5) is 15.8 Å². The van der Waals surface area contributed by atoms with Crippen molar-refractivity contribution in [2.45, 2.75) is 13.5 Å². The molecule has 0 unspecified atom stereocenters. The summed E-state index contributed by atoms with van der Waals surface area (Å²) in [5.41, 5.74) is 0.764. The molecule has 0 saturated carbocycles. The third-order valence-electron chi connectivity index (χ3n) is 4.27. The summed E-state index contributed by atoms with van der Waals surface area (Å²) in [6, 6.07) is 13.6. The number of halogens is 1. The first-order valence-corrected chi connectivity index (χ1v) is 9.08. The van der Waals surface area contributed by atoms with Crippen LogP contribution < -0.4 is 20.9 Å². The molecule has 3 rings (SSSR count). The Bertz CT molecular complexity index is 1160. The first kappa shape index (κ1) is 20.8. The summed E-state index contributed by atoms with van der Waals surface area (Å²) in [7, 11) is 1.44. The average Bonchev–Trinajstić information content (AvgIpc) is 2.69. The smallest absolute Gasteiger partial charge is 0.263 e. The molecule has 7 nitrogen and oxygen atoms in total. The SMILES string of the molecule is COc1ccc(NC(C)=O)cc1NC(=O)c1cccn(Cc2cccc(F)c2)c1=O. The first-order chi connectivity index (χ1) is 14.4. The molecule has 0 spiro atoms. The molecule has 30 heavy (non-hydrogen) atoms. The summed E-state index contributed by atoms with van der Waals surface area (Å²) in [5.74, 6) is -0.929. The van der Waals surface area contributed by atoms with Gasteiger partial charge in [0.05, 0.1) is 19.3 Å². The lowest BCUT2D eigenvalue weighted by atomic mass is 10.2. The van der Waals surface area contributed by atoms with Gasteiger partial charge in [0.15, 0.2) is 0 Å². The van der Waals surface area contributed by atoms with Crippen molar-refractivity contribution in [1.82, 2.24) is 4.57 Å². The lowest BCUT2D eigenvalue weighted by Gasteiger charge is -2.13. The number of nitrogens with one attached hydrogen (secondary N) is 2. The zero-order valence-corrected chi connectivity index (χ0v) is 16.4. The Morgan fingerprint density at radius 1 is 1.07 bits per heavy atom. The lowest BCUT2D eigenvalue weighted by molar-refractivity contribution is -0.114. The first-order valence-electron chi connectivity index (χ1n) is 9.08. The van der Waals surface area contributed by atoms with E-state index in [9.17, 15) is 18.8 Å². The second kappa shape index (κ2) is 9.04. The maximum Gasteiger partial charge on any atom is 0.263 e. The molecule has 1 aromatic heterocycles. The minimum Gasteiger partial charge on any atom is -0.495 e. The topological polar surface area (TPSA) is 89.4 Å². The van der Waals surface area contributed by atoms with Crippen molar-refractivity contribution in [3.63, 3.8) is 0 Å². The molecule has 2 N–H and O–H groups in total. The van der Waals surface area contributed by atoms with Gasteiger partial charge in [0.1, 0.15) is 17.1 Å². The molecule has 0 aliphatic rings. The number of carbonyl (C=O) groups is 2. The predicted molar refractivity (Wildman–Crippen MR) is 111 cm³/mol. The highest BCUT2D eigenvalue weighted by molar-refractivity contribution is 6.05. The molecule has 0 aliphatic heterocycles. The van der Waals surface area contributed by atoms with E-state index in [-0.39, 0.29) is 18.0 Å². The van der Waals surface area contributed by atoms with Gasteiger partial charge in [0.25, 0.3) is 11.5 Å². The van der Waals surface area contributed by atoms with E-state index in [1.807, 2.05) is 0 Å². The molecule has 0 aliphatic carbocycles. The van der Waals surface area contributed by atoms with Crippen molar-refractivity contribution in [2.24, 2.45) is 0 Å². The summed E-state index contributed by atoms with van der Waals surface area (Å²) in [6.45, 7) is 1.49. The number of anilines is 2. The quantitative estimate of drug-likeness (QED) is 0.654. The zero-order chi connectivity index (χ0) is 21.7. The van der Waals surface area contributed by atoms with Crippen molar-refractivity contribution in [2.75, 3.05) is 17.7 Å². The maximum atomic E-state index is 13.4. The lowest BCUT2D eigenvalue weighted by Crippen LogP contribution is -2.29. The number of benzene rings is 2. The van der Waals surface area contributed by atoms with E-state index >= 15 is 0 Å². The van der Waals surface area contributed by atoms with E-state index in [0.717, 1.165) is 0 Å². The van der Waals surface area contributed by atoms with Crippen molar-refractivity contribution in [1.29, 1.82) is 0 Å². The minimum absolute atomic E-state index is 0.0825. The van der Waals surface area contributed by atoms with Gasteiger partial charge in [0, 0.05) is 18.8 Å². The van der Waals surface area contributed by atoms with Crippen LogP contribution in [-0.2, 0) is 11.3 Å². The summed E-state index contributed by atoms with van der Waals surface area (Å²) >= 11 is 0. The monoisotopic (exact) mass is 409 g/mol. The molecule has 0 atom stereocenters. The summed E-state index contributed by atoms with van der Waals surface area (Å²) in [4.78, 5) is 36.8. The Labute approximate surface area is 172 Å². The van der Waals surface area contributed by atoms with Crippen molar-refractivity contribution >= 4 is 23.2 Å². The van der Waals surface area contributed by atoms with Gasteiger partial charge in [-0.2, -0.15) is 0 Å². The molecule has 0 radical (unpaired) electrons. The Morgan fingerprint density at radius 2 is 1.87 bits per heavy atom. The van der Waals surface area contributed by atoms with Crippen LogP contribution in [0.15, 0.2) is 65.6 Å². The number of rotatable bonds is 6. The van der Waals surface area contributed by atoms with E-state index in [1.165, 1.54) is 49.1 Å². The van der Waals surface area contributed by atoms with Crippen LogP contribution in [0.25, 0.3) is 0 Å². The summed E-state index contributed by atoms with van der Waals surface area (Å²) < 4.78 is 20.0. The molecular formula is C22H20FN3O4. The number of methoxy groups -OCH3 is 1. The second-order valence-electron chi connectivity index (χ2n) is 6.54. The van der Waals surface area contributed by atoms with E-state index in [2.05, 4.69) is 10.6 Å². The van der Waals surface area contributed by atoms with Gasteiger partial charge in [-0.15, -0.1) is 0 Å². The van der Waals surface area contributed by atoms with Crippen LogP contribution in [0.2, 0.25) is 0 Å². The second-order valence-corrected chi connectivity index (χ2v) is 6.54. The van der Waals surface area contributed by atoms with E-state index in [1.54, 1.807) is 30.3 Å². The molecule has 0 fully saturated rings. The summed E-state index contributed by atoms with van der Waals surface area (Å²) in [5, 5.41) is 5.26. The third-order valence-corrected chi connectivity index (χ3v) is 4.27. The molecule has 8 heteroatoms. The third kappa shape index (κ3) is 4.91. The van der Waals surface area contributed by atoms with Gasteiger partial charge in [-0.1, -0.05) is 12.1 Å². The van der Waals surface area contributed by atoms with Crippen molar-refractivity contribution < 1.29 is 18.7 Å². The van der Waals surface area contributed by atoms with Gasteiger partial charge >= 0.3 is 0 Å². The van der Waals surface area contributed by atoms with E-state index in [0.29, 0.717) is 22.7 Å². The van der Waals surface area contributed by atoms with E-state index < -0.39 is 17.3 Å². The van der Waals surface area contributed by atoms with Crippen molar-refractivity contribution in [3.8, 4) is 5.75 Å². The molecule has 154 valence electrons. The van der Waals surface area contributed by atoms with Gasteiger partial charge in [-0.25, -0.2) is 4.39 Å². The van der Waals surface area contributed by atoms with Crippen LogP contribution in [0.1, 0.15) is 22.8 Å². The number of hydrogen-bond donors (Lipinski definition) is 2. The number of amides is 2. The maximum absolute atomic E-state index is 13.4. The molecule has 1 heterocycles. The van der Waals surface area contributed by atoms with Gasteiger partial charge in [-0.05, 0) is 48.0 Å². The van der Waals surface area contributed by atoms with Gasteiger partial charge in [0.2, 0.25) is 5.91 Å². The number of nitrogens with zero attached hydrogens (tertiary/aromatic N) is 1. The predicted octanol–water partition coefficient (Wildman–Crippen LogP) is 3.26.